The number of nitrogens with zero attached hydrogens (tertiary/aromatic N) is 1. The standard InChI is InChI=1S/C17H20F2N2O/c1-2-3-4-5-17(22)20-11-13-8-9-21(12-13)14-6-7-15(18)16(19)10-14/h2-7,10,13H,8-9,11-12H2,1H3,(H,20,22)/b3-2+,5-4+/t13-/m0/s1. The second-order valence-electron chi connectivity index (χ2n) is 5.33. The molecule has 1 amide bonds. The van der Waals surface area contributed by atoms with Crippen LogP contribution in [-0.4, -0.2) is 25.5 Å². The van der Waals surface area contributed by atoms with Gasteiger partial charge in [-0.05, 0) is 31.4 Å². The van der Waals surface area contributed by atoms with Crippen LogP contribution in [-0.2, 0) is 4.79 Å². The van der Waals surface area contributed by atoms with Crippen LogP contribution in [0.15, 0.2) is 42.5 Å². The number of hydrogen-bond acceptors (Lipinski definition) is 2. The van der Waals surface area contributed by atoms with E-state index in [2.05, 4.69) is 5.32 Å². The third-order valence-corrected chi connectivity index (χ3v) is 3.67. The first-order valence-corrected chi connectivity index (χ1v) is 7.37. The fourth-order valence-electron chi connectivity index (χ4n) is 2.47. The molecule has 1 aromatic rings. The highest BCUT2D eigenvalue weighted by Crippen LogP contribution is 2.24. The Hall–Kier alpha value is -2.17. The normalized spacial score (nSPS) is 18.5. The summed E-state index contributed by atoms with van der Waals surface area (Å²) in [5.74, 6) is -1.47. The summed E-state index contributed by atoms with van der Waals surface area (Å²) in [5, 5.41) is 2.86. The quantitative estimate of drug-likeness (QED) is 0.670. The smallest absolute Gasteiger partial charge is 0.243 e. The molecule has 1 N–H and O–H groups in total. The zero-order valence-corrected chi connectivity index (χ0v) is 12.6. The molecule has 0 spiro atoms. The van der Waals surface area contributed by atoms with Gasteiger partial charge in [0, 0.05) is 37.5 Å². The van der Waals surface area contributed by atoms with Gasteiger partial charge in [-0.3, -0.25) is 4.79 Å². The Morgan fingerprint density at radius 1 is 1.36 bits per heavy atom. The minimum absolute atomic E-state index is 0.121. The van der Waals surface area contributed by atoms with Gasteiger partial charge in [-0.2, -0.15) is 0 Å². The molecular weight excluding hydrogens is 286 g/mol. The van der Waals surface area contributed by atoms with Crippen LogP contribution in [0.5, 0.6) is 0 Å². The van der Waals surface area contributed by atoms with E-state index in [9.17, 15) is 13.6 Å². The summed E-state index contributed by atoms with van der Waals surface area (Å²) < 4.78 is 26.2. The molecule has 1 aliphatic heterocycles. The molecule has 1 saturated heterocycles. The molecule has 0 aliphatic carbocycles. The zero-order valence-electron chi connectivity index (χ0n) is 12.6. The van der Waals surface area contributed by atoms with E-state index >= 15 is 0 Å². The number of nitrogens with one attached hydrogen (secondary N) is 1. The van der Waals surface area contributed by atoms with Crippen molar-refractivity contribution in [2.24, 2.45) is 5.92 Å². The summed E-state index contributed by atoms with van der Waals surface area (Å²) in [4.78, 5) is 13.6. The minimum Gasteiger partial charge on any atom is -0.371 e. The first-order chi connectivity index (χ1) is 10.6. The van der Waals surface area contributed by atoms with Crippen LogP contribution in [0.4, 0.5) is 14.5 Å². The van der Waals surface area contributed by atoms with Crippen molar-refractivity contribution in [1.82, 2.24) is 5.32 Å². The van der Waals surface area contributed by atoms with Gasteiger partial charge in [-0.15, -0.1) is 0 Å². The van der Waals surface area contributed by atoms with Gasteiger partial charge < -0.3 is 10.2 Å². The lowest BCUT2D eigenvalue weighted by molar-refractivity contribution is -0.116. The van der Waals surface area contributed by atoms with Gasteiger partial charge in [-0.1, -0.05) is 18.2 Å². The summed E-state index contributed by atoms with van der Waals surface area (Å²) in [5.41, 5.74) is 0.681. The lowest BCUT2D eigenvalue weighted by Crippen LogP contribution is -2.29. The fourth-order valence-corrected chi connectivity index (χ4v) is 2.47. The van der Waals surface area contributed by atoms with Crippen LogP contribution in [0.1, 0.15) is 13.3 Å². The van der Waals surface area contributed by atoms with Crippen molar-refractivity contribution in [2.45, 2.75) is 13.3 Å². The molecule has 1 aromatic carbocycles. The maximum absolute atomic E-state index is 13.3. The van der Waals surface area contributed by atoms with Crippen LogP contribution >= 0.6 is 0 Å². The predicted octanol–water partition coefficient (Wildman–Crippen LogP) is 3.04. The molecule has 0 aromatic heterocycles. The summed E-state index contributed by atoms with van der Waals surface area (Å²) in [6.07, 6.45) is 7.73. The van der Waals surface area contributed by atoms with Crippen LogP contribution < -0.4 is 10.2 Å². The molecule has 1 heterocycles. The molecule has 5 heteroatoms. The van der Waals surface area contributed by atoms with Crippen molar-refractivity contribution >= 4 is 11.6 Å². The monoisotopic (exact) mass is 306 g/mol. The Morgan fingerprint density at radius 2 is 2.18 bits per heavy atom. The highest BCUT2D eigenvalue weighted by atomic mass is 19.2. The van der Waals surface area contributed by atoms with E-state index in [1.807, 2.05) is 17.9 Å². The van der Waals surface area contributed by atoms with Gasteiger partial charge in [0.15, 0.2) is 11.6 Å². The average Bonchev–Trinajstić information content (AvgIpc) is 2.97. The maximum Gasteiger partial charge on any atom is 0.243 e. The van der Waals surface area contributed by atoms with Crippen LogP contribution in [0.3, 0.4) is 0 Å². The first kappa shape index (κ1) is 16.2. The van der Waals surface area contributed by atoms with Crippen LogP contribution in [0.25, 0.3) is 0 Å². The van der Waals surface area contributed by atoms with E-state index in [1.54, 1.807) is 18.2 Å². The second kappa shape index (κ2) is 7.73. The minimum atomic E-state index is -0.834. The third kappa shape index (κ3) is 4.41. The molecule has 118 valence electrons. The summed E-state index contributed by atoms with van der Waals surface area (Å²) in [7, 11) is 0. The van der Waals surface area contributed by atoms with Gasteiger partial charge in [0.2, 0.25) is 5.91 Å². The third-order valence-electron chi connectivity index (χ3n) is 3.67. The molecule has 0 unspecified atom stereocenters. The molecule has 1 atom stereocenters. The number of carbonyl (C=O) groups excluding carboxylic acids is 1. The van der Waals surface area contributed by atoms with Gasteiger partial charge in [-0.25, -0.2) is 8.78 Å². The van der Waals surface area contributed by atoms with Gasteiger partial charge in [0.05, 0.1) is 0 Å². The predicted molar refractivity (Wildman–Crippen MR) is 83.6 cm³/mol. The Balaban J connectivity index is 1.82. The van der Waals surface area contributed by atoms with E-state index in [-0.39, 0.29) is 5.91 Å². The number of anilines is 1. The molecule has 0 saturated carbocycles. The van der Waals surface area contributed by atoms with Crippen molar-refractivity contribution in [3.05, 3.63) is 54.1 Å². The van der Waals surface area contributed by atoms with Gasteiger partial charge >= 0.3 is 0 Å². The average molecular weight is 306 g/mol. The molecular formula is C17H20F2N2O. The molecule has 3 nitrogen and oxygen atoms in total. The zero-order chi connectivity index (χ0) is 15.9. The van der Waals surface area contributed by atoms with E-state index in [4.69, 9.17) is 0 Å². The molecule has 0 radical (unpaired) electrons. The number of hydrogen-bond donors (Lipinski definition) is 1. The highest BCUT2D eigenvalue weighted by molar-refractivity contribution is 5.87. The summed E-state index contributed by atoms with van der Waals surface area (Å²) >= 11 is 0. The number of halogens is 2. The molecule has 1 aliphatic rings. The Bertz CT molecular complexity index is 584. The topological polar surface area (TPSA) is 32.3 Å². The van der Waals surface area contributed by atoms with Crippen LogP contribution in [0.2, 0.25) is 0 Å². The van der Waals surface area contributed by atoms with E-state index in [0.29, 0.717) is 18.2 Å². The van der Waals surface area contributed by atoms with E-state index in [0.717, 1.165) is 25.6 Å². The number of carbonyl (C=O) groups is 1. The molecule has 1 fully saturated rings. The van der Waals surface area contributed by atoms with Crippen LogP contribution in [0, 0.1) is 17.6 Å². The van der Waals surface area contributed by atoms with Crippen molar-refractivity contribution in [3.63, 3.8) is 0 Å². The lowest BCUT2D eigenvalue weighted by atomic mass is 10.1. The Labute approximate surface area is 129 Å². The van der Waals surface area contributed by atoms with Crippen molar-refractivity contribution in [2.75, 3.05) is 24.5 Å². The first-order valence-electron chi connectivity index (χ1n) is 7.37. The fraction of sp³-hybridized carbons (Fsp3) is 0.353. The van der Waals surface area contributed by atoms with Crippen molar-refractivity contribution in [3.8, 4) is 0 Å². The van der Waals surface area contributed by atoms with Crippen molar-refractivity contribution in [1.29, 1.82) is 0 Å². The van der Waals surface area contributed by atoms with Gasteiger partial charge in [0.25, 0.3) is 0 Å². The number of amides is 1. The summed E-state index contributed by atoms with van der Waals surface area (Å²) in [6, 6.07) is 3.95. The van der Waals surface area contributed by atoms with E-state index in [1.165, 1.54) is 12.1 Å². The largest absolute Gasteiger partial charge is 0.371 e. The maximum atomic E-state index is 13.3. The Kier molecular flexibility index (Phi) is 5.69. The molecule has 0 bridgehead atoms. The number of benzene rings is 1. The lowest BCUT2D eigenvalue weighted by Gasteiger charge is -2.19. The van der Waals surface area contributed by atoms with E-state index < -0.39 is 11.6 Å². The molecule has 2 rings (SSSR count). The number of rotatable bonds is 5. The molecule has 22 heavy (non-hydrogen) atoms. The SMILES string of the molecule is C/C=C/C=C/C(=O)NC[C@@H]1CCN(c2ccc(F)c(F)c2)C1. The number of allylic oxidation sites excluding steroid dienone is 3. The summed E-state index contributed by atoms with van der Waals surface area (Å²) in [6.45, 7) is 3.97. The highest BCUT2D eigenvalue weighted by Gasteiger charge is 2.23. The second-order valence-corrected chi connectivity index (χ2v) is 5.33. The van der Waals surface area contributed by atoms with Crippen molar-refractivity contribution < 1.29 is 13.6 Å². The Morgan fingerprint density at radius 3 is 2.91 bits per heavy atom. The van der Waals surface area contributed by atoms with Gasteiger partial charge in [0.1, 0.15) is 0 Å².